The van der Waals surface area contributed by atoms with E-state index in [9.17, 15) is 5.11 Å². The normalized spacial score (nSPS) is 32.5. The van der Waals surface area contributed by atoms with Gasteiger partial charge in [-0.25, -0.2) is 0 Å². The minimum absolute atomic E-state index is 0.367. The van der Waals surface area contributed by atoms with Gasteiger partial charge >= 0.3 is 0 Å². The van der Waals surface area contributed by atoms with Gasteiger partial charge in [0.05, 0.1) is 6.10 Å². The zero-order valence-electron chi connectivity index (χ0n) is 6.95. The summed E-state index contributed by atoms with van der Waals surface area (Å²) in [7, 11) is -1.07. The molecule has 1 aliphatic rings. The van der Waals surface area contributed by atoms with Crippen molar-refractivity contribution < 1.29 is 5.11 Å². The average Bonchev–Trinajstić information content (AvgIpc) is 1.85. The Morgan fingerprint density at radius 1 is 1.55 bits per heavy atom. The Labute approximate surface area is 68.5 Å². The Morgan fingerprint density at radius 3 is 2.55 bits per heavy atom. The molecule has 1 aliphatic heterocycles. The molecule has 2 unspecified atom stereocenters. The maximum absolute atomic E-state index is 9.37. The van der Waals surface area contributed by atoms with E-state index < -0.39 is 9.21 Å². The molecule has 0 fully saturated rings. The highest BCUT2D eigenvalue weighted by Crippen LogP contribution is 2.25. The lowest BCUT2D eigenvalue weighted by atomic mass is 10.2. The van der Waals surface area contributed by atoms with Crippen LogP contribution in [0.3, 0.4) is 0 Å². The summed E-state index contributed by atoms with van der Waals surface area (Å²) in [5.41, 5.74) is 0. The SMILES string of the molecule is C=S1(C)=C(C(C)O)C=CC=C1. The molecule has 0 amide bonds. The summed E-state index contributed by atoms with van der Waals surface area (Å²) in [5.74, 6) is 4.08. The van der Waals surface area contributed by atoms with Crippen molar-refractivity contribution in [3.63, 3.8) is 0 Å². The van der Waals surface area contributed by atoms with Crippen LogP contribution in [0.5, 0.6) is 0 Å². The molecule has 0 aliphatic carbocycles. The van der Waals surface area contributed by atoms with Crippen molar-refractivity contribution in [2.45, 2.75) is 13.0 Å². The van der Waals surface area contributed by atoms with Crippen LogP contribution in [0.1, 0.15) is 6.92 Å². The van der Waals surface area contributed by atoms with Crippen molar-refractivity contribution in [2.24, 2.45) is 0 Å². The first-order valence-corrected chi connectivity index (χ1v) is 5.82. The zero-order valence-corrected chi connectivity index (χ0v) is 7.77. The predicted molar refractivity (Wildman–Crippen MR) is 55.6 cm³/mol. The van der Waals surface area contributed by atoms with Gasteiger partial charge in [0.15, 0.2) is 0 Å². The molecule has 1 rings (SSSR count). The predicted octanol–water partition coefficient (Wildman–Crippen LogP) is 1.49. The fraction of sp³-hybridized carbons (Fsp3) is 0.333. The first-order chi connectivity index (χ1) is 5.04. The molecule has 11 heavy (non-hydrogen) atoms. The average molecular weight is 170 g/mol. The molecule has 0 bridgehead atoms. The summed E-state index contributed by atoms with van der Waals surface area (Å²) >= 11 is 0. The maximum atomic E-state index is 9.37. The molecule has 2 heteroatoms. The Hall–Kier alpha value is -0.470. The van der Waals surface area contributed by atoms with Crippen LogP contribution < -0.4 is 0 Å². The second-order valence-electron chi connectivity index (χ2n) is 2.92. The largest absolute Gasteiger partial charge is 0.388 e. The van der Waals surface area contributed by atoms with Gasteiger partial charge in [0.1, 0.15) is 0 Å². The molecule has 1 heterocycles. The molecular weight excluding hydrogens is 156 g/mol. The third kappa shape index (κ3) is 1.76. The summed E-state index contributed by atoms with van der Waals surface area (Å²) in [6.45, 7) is 1.79. The van der Waals surface area contributed by atoms with Gasteiger partial charge in [-0.15, -0.1) is 0 Å². The van der Waals surface area contributed by atoms with E-state index in [2.05, 4.69) is 17.5 Å². The second-order valence-corrected chi connectivity index (χ2v) is 5.98. The molecule has 0 aromatic heterocycles. The lowest BCUT2D eigenvalue weighted by molar-refractivity contribution is 0.265. The van der Waals surface area contributed by atoms with Crippen LogP contribution >= 0.6 is 9.21 Å². The van der Waals surface area contributed by atoms with Gasteiger partial charge in [-0.1, -0.05) is 24.1 Å². The number of hydrogen-bond donors (Lipinski definition) is 1. The smallest absolute Gasteiger partial charge is 0.0811 e. The lowest BCUT2D eigenvalue weighted by Gasteiger charge is -2.16. The monoisotopic (exact) mass is 170 g/mol. The number of aliphatic hydroxyl groups is 1. The van der Waals surface area contributed by atoms with Crippen LogP contribution in [0.25, 0.3) is 0 Å². The van der Waals surface area contributed by atoms with Crippen LogP contribution in [0.2, 0.25) is 0 Å². The number of hydrogen-bond acceptors (Lipinski definition) is 1. The van der Waals surface area contributed by atoms with Gasteiger partial charge in [0.2, 0.25) is 0 Å². The third-order valence-corrected chi connectivity index (χ3v) is 4.01. The van der Waals surface area contributed by atoms with E-state index in [0.29, 0.717) is 0 Å². The van der Waals surface area contributed by atoms with Crippen molar-refractivity contribution in [3.05, 3.63) is 23.6 Å². The molecule has 62 valence electrons. The Bertz CT molecular complexity index is 312. The van der Waals surface area contributed by atoms with Crippen molar-refractivity contribution in [1.82, 2.24) is 0 Å². The zero-order chi connectivity index (χ0) is 8.48. The fourth-order valence-corrected chi connectivity index (χ4v) is 2.90. The first-order valence-electron chi connectivity index (χ1n) is 3.55. The number of aliphatic hydroxyl groups excluding tert-OH is 1. The van der Waals surface area contributed by atoms with Crippen LogP contribution in [0.15, 0.2) is 23.6 Å². The summed E-state index contributed by atoms with van der Waals surface area (Å²) < 4.78 is 0. The van der Waals surface area contributed by atoms with Gasteiger partial charge in [-0.2, -0.15) is 9.21 Å². The Kier molecular flexibility index (Phi) is 2.25. The van der Waals surface area contributed by atoms with Crippen molar-refractivity contribution >= 4 is 19.9 Å². The summed E-state index contributed by atoms with van der Waals surface area (Å²) in [4.78, 5) is 1.06. The number of rotatable bonds is 1. The van der Waals surface area contributed by atoms with Crippen LogP contribution in [0.4, 0.5) is 0 Å². The highest BCUT2D eigenvalue weighted by molar-refractivity contribution is 8.31. The quantitative estimate of drug-likeness (QED) is 0.591. The second kappa shape index (κ2) is 2.88. The molecule has 1 N–H and O–H groups in total. The van der Waals surface area contributed by atoms with E-state index in [1.165, 1.54) is 0 Å². The molecule has 0 aromatic rings. The van der Waals surface area contributed by atoms with E-state index in [-0.39, 0.29) is 6.10 Å². The van der Waals surface area contributed by atoms with Gasteiger partial charge in [0, 0.05) is 4.86 Å². The third-order valence-electron chi connectivity index (χ3n) is 1.70. The van der Waals surface area contributed by atoms with E-state index >= 15 is 0 Å². The molecule has 0 saturated heterocycles. The lowest BCUT2D eigenvalue weighted by Crippen LogP contribution is -2.15. The summed E-state index contributed by atoms with van der Waals surface area (Å²) in [6.07, 6.45) is 7.62. The Morgan fingerprint density at radius 2 is 2.18 bits per heavy atom. The molecule has 0 radical (unpaired) electrons. The van der Waals surface area contributed by atoms with E-state index in [0.717, 1.165) is 4.86 Å². The van der Waals surface area contributed by atoms with Crippen LogP contribution in [0, 0.1) is 0 Å². The first kappa shape index (κ1) is 8.62. The Balaban J connectivity index is 3.28. The highest BCUT2D eigenvalue weighted by Gasteiger charge is 2.06. The van der Waals surface area contributed by atoms with Gasteiger partial charge < -0.3 is 5.11 Å². The molecular formula is C9H14OS. The fourth-order valence-electron chi connectivity index (χ4n) is 1.13. The molecule has 0 aromatic carbocycles. The van der Waals surface area contributed by atoms with Crippen LogP contribution in [-0.2, 0) is 0 Å². The number of allylic oxidation sites excluding steroid dienone is 2. The molecule has 0 spiro atoms. The minimum Gasteiger partial charge on any atom is -0.388 e. The highest BCUT2D eigenvalue weighted by atomic mass is 32.2. The summed E-state index contributed by atoms with van der Waals surface area (Å²) in [5, 5.41) is 11.4. The minimum atomic E-state index is -1.07. The van der Waals surface area contributed by atoms with Crippen molar-refractivity contribution in [1.29, 1.82) is 0 Å². The molecule has 2 atom stereocenters. The van der Waals surface area contributed by atoms with E-state index in [4.69, 9.17) is 0 Å². The topological polar surface area (TPSA) is 20.2 Å². The van der Waals surface area contributed by atoms with E-state index in [1.54, 1.807) is 6.92 Å². The van der Waals surface area contributed by atoms with Crippen molar-refractivity contribution in [2.75, 3.05) is 6.26 Å². The van der Waals surface area contributed by atoms with Crippen LogP contribution in [-0.4, -0.2) is 28.2 Å². The molecule has 0 saturated carbocycles. The maximum Gasteiger partial charge on any atom is 0.0811 e. The molecule has 1 nitrogen and oxygen atoms in total. The van der Waals surface area contributed by atoms with Gasteiger partial charge in [-0.05, 0) is 18.6 Å². The summed E-state index contributed by atoms with van der Waals surface area (Å²) in [6, 6.07) is 0. The van der Waals surface area contributed by atoms with E-state index in [1.807, 2.05) is 18.2 Å². The van der Waals surface area contributed by atoms with Gasteiger partial charge in [-0.3, -0.25) is 0 Å². The standard InChI is InChI=1S/C9H14OS/c1-8(10)9-6-4-5-7-11(9,2)3/h4-8,10H,2H2,1,3H3. The van der Waals surface area contributed by atoms with Gasteiger partial charge in [0.25, 0.3) is 0 Å². The van der Waals surface area contributed by atoms with Crippen molar-refractivity contribution in [3.8, 4) is 0 Å².